The predicted octanol–water partition coefficient (Wildman–Crippen LogP) is 19.8. The van der Waals surface area contributed by atoms with E-state index >= 15 is 0 Å². The molecule has 2 aromatic heterocycles. The highest BCUT2D eigenvalue weighted by Gasteiger charge is 2.31. The van der Waals surface area contributed by atoms with E-state index < -0.39 is 0 Å². The first-order valence-corrected chi connectivity index (χ1v) is 27.0. The number of hydrogen-bond acceptors (Lipinski definition) is 4. The van der Waals surface area contributed by atoms with E-state index in [4.69, 9.17) is 9.72 Å². The lowest BCUT2D eigenvalue weighted by Crippen LogP contribution is -2.25. The summed E-state index contributed by atoms with van der Waals surface area (Å²) in [7, 11) is 0. The van der Waals surface area contributed by atoms with Gasteiger partial charge in [0.05, 0.1) is 22.4 Å². The number of anilines is 4. The lowest BCUT2D eigenvalue weighted by molar-refractivity contribution is 0.479. The van der Waals surface area contributed by atoms with Crippen molar-refractivity contribution in [3.05, 3.63) is 191 Å². The summed E-state index contributed by atoms with van der Waals surface area (Å²) in [5, 5.41) is 2.37. The second-order valence-corrected chi connectivity index (χ2v) is 24.9. The number of rotatable bonds is 10. The third kappa shape index (κ3) is 9.63. The summed E-state index contributed by atoms with van der Waals surface area (Å²) in [4.78, 5) is 10.1. The van der Waals surface area contributed by atoms with E-state index in [1.165, 1.54) is 83.5 Å². The van der Waals surface area contributed by atoms with Crippen LogP contribution >= 0.6 is 0 Å². The molecule has 74 heavy (non-hydrogen) atoms. The number of para-hydroxylation sites is 2. The summed E-state index contributed by atoms with van der Waals surface area (Å²) in [6.45, 7) is 35.2. The van der Waals surface area contributed by atoms with Crippen LogP contribution in [0.2, 0.25) is 0 Å². The van der Waals surface area contributed by atoms with Crippen LogP contribution in [0.5, 0.6) is 11.5 Å². The number of nitrogens with zero attached hydrogens (tertiary/aromatic N) is 4. The minimum Gasteiger partial charge on any atom is -0.457 e. The van der Waals surface area contributed by atoms with Crippen LogP contribution in [0, 0.1) is 0 Å². The highest BCUT2D eigenvalue weighted by molar-refractivity contribution is 6.10. The molecule has 7 aromatic carbocycles. The predicted molar refractivity (Wildman–Crippen MR) is 316 cm³/mol. The van der Waals surface area contributed by atoms with Crippen molar-refractivity contribution in [3.63, 3.8) is 0 Å². The Labute approximate surface area is 441 Å². The van der Waals surface area contributed by atoms with Gasteiger partial charge in [-0.05, 0) is 162 Å². The van der Waals surface area contributed by atoms with Crippen molar-refractivity contribution in [2.45, 2.75) is 138 Å². The van der Waals surface area contributed by atoms with Crippen molar-refractivity contribution >= 4 is 44.6 Å². The smallest absolute Gasteiger partial charge is 0.138 e. The molecule has 378 valence electrons. The normalized spacial score (nSPS) is 13.3. The summed E-state index contributed by atoms with van der Waals surface area (Å²) in [5.41, 5.74) is 19.5. The van der Waals surface area contributed by atoms with Crippen LogP contribution in [0.15, 0.2) is 158 Å². The molecular weight excluding hydrogens is 901 g/mol. The zero-order valence-electron chi connectivity index (χ0n) is 46.6. The fourth-order valence-electron chi connectivity index (χ4n) is 10.8. The van der Waals surface area contributed by atoms with Crippen LogP contribution in [-0.2, 0) is 16.2 Å². The molecule has 1 aliphatic heterocycles. The summed E-state index contributed by atoms with van der Waals surface area (Å²) in [6, 6.07) is 56.5. The lowest BCUT2D eigenvalue weighted by Gasteiger charge is -2.27. The van der Waals surface area contributed by atoms with Gasteiger partial charge in [0.1, 0.15) is 24.0 Å². The Morgan fingerprint density at radius 3 is 1.64 bits per heavy atom. The molecule has 0 spiro atoms. The SMILES string of the molecule is CC(C)c1cc(C(C)C)c(-c2ccnc(-n3c4ccc(C(C)(C)C)cc4c4ccc(Oc5cc(N6CN(c7cc(-c8ccccc8)cc(C(C)(C)C)c7)c7ccccc76)cc(C(C)(C)C)c5)cc43)c2)c(C(C)C)c1. The van der Waals surface area contributed by atoms with E-state index in [0.717, 1.165) is 34.0 Å². The van der Waals surface area contributed by atoms with Gasteiger partial charge in [-0.3, -0.25) is 4.57 Å². The minimum atomic E-state index is -0.142. The Balaban J connectivity index is 1.09. The van der Waals surface area contributed by atoms with Gasteiger partial charge in [-0.25, -0.2) is 4.98 Å². The average Bonchev–Trinajstić information content (AvgIpc) is 3.91. The number of fused-ring (bicyclic) bond motifs is 4. The van der Waals surface area contributed by atoms with Crippen LogP contribution in [0.3, 0.4) is 0 Å². The number of aromatic nitrogens is 2. The Bertz CT molecular complexity index is 3530. The second kappa shape index (κ2) is 19.0. The van der Waals surface area contributed by atoms with Gasteiger partial charge in [0.25, 0.3) is 0 Å². The van der Waals surface area contributed by atoms with E-state index in [1.807, 2.05) is 6.20 Å². The zero-order valence-corrected chi connectivity index (χ0v) is 46.6. The Morgan fingerprint density at radius 1 is 0.446 bits per heavy atom. The molecule has 0 N–H and O–H groups in total. The van der Waals surface area contributed by atoms with Crippen molar-refractivity contribution in [1.82, 2.24) is 9.55 Å². The van der Waals surface area contributed by atoms with Crippen LogP contribution in [0.1, 0.15) is 155 Å². The molecular formula is C69H76N4O. The van der Waals surface area contributed by atoms with Gasteiger partial charge in [0, 0.05) is 40.5 Å². The molecule has 10 rings (SSSR count). The van der Waals surface area contributed by atoms with Crippen LogP contribution in [0.4, 0.5) is 22.7 Å². The molecule has 0 bridgehead atoms. The molecule has 0 unspecified atom stereocenters. The van der Waals surface area contributed by atoms with Crippen LogP contribution < -0.4 is 14.5 Å². The molecule has 9 aromatic rings. The zero-order chi connectivity index (χ0) is 52.6. The van der Waals surface area contributed by atoms with Gasteiger partial charge in [-0.2, -0.15) is 0 Å². The Kier molecular flexibility index (Phi) is 12.9. The molecule has 0 fully saturated rings. The third-order valence-corrected chi connectivity index (χ3v) is 15.3. The third-order valence-electron chi connectivity index (χ3n) is 15.3. The van der Waals surface area contributed by atoms with Crippen molar-refractivity contribution in [2.24, 2.45) is 0 Å². The molecule has 3 heterocycles. The van der Waals surface area contributed by atoms with E-state index in [2.05, 4.69) is 270 Å². The van der Waals surface area contributed by atoms with Gasteiger partial charge in [0.15, 0.2) is 0 Å². The van der Waals surface area contributed by atoms with E-state index in [9.17, 15) is 0 Å². The fraction of sp³-hybridized carbons (Fsp3) is 0.319. The first kappa shape index (κ1) is 50.4. The molecule has 5 heteroatoms. The topological polar surface area (TPSA) is 33.5 Å². The number of hydrogen-bond donors (Lipinski definition) is 0. The van der Waals surface area contributed by atoms with Crippen molar-refractivity contribution in [2.75, 3.05) is 16.5 Å². The van der Waals surface area contributed by atoms with Gasteiger partial charge in [-0.1, -0.05) is 171 Å². The highest BCUT2D eigenvalue weighted by atomic mass is 16.5. The molecule has 0 aliphatic carbocycles. The van der Waals surface area contributed by atoms with Gasteiger partial charge < -0.3 is 14.5 Å². The maximum atomic E-state index is 7.14. The first-order valence-electron chi connectivity index (χ1n) is 27.0. The van der Waals surface area contributed by atoms with Crippen LogP contribution in [-0.4, -0.2) is 16.2 Å². The lowest BCUT2D eigenvalue weighted by atomic mass is 9.82. The molecule has 5 nitrogen and oxygen atoms in total. The van der Waals surface area contributed by atoms with Crippen LogP contribution in [0.25, 0.3) is 49.9 Å². The number of pyridine rings is 1. The summed E-state index contributed by atoms with van der Waals surface area (Å²) in [6.07, 6.45) is 2.00. The van der Waals surface area contributed by atoms with Crippen molar-refractivity contribution < 1.29 is 4.74 Å². The van der Waals surface area contributed by atoms with Gasteiger partial charge in [-0.15, -0.1) is 0 Å². The summed E-state index contributed by atoms with van der Waals surface area (Å²) >= 11 is 0. The Hall–Kier alpha value is -7.11. The highest BCUT2D eigenvalue weighted by Crippen LogP contribution is 2.48. The van der Waals surface area contributed by atoms with Crippen molar-refractivity contribution in [1.29, 1.82) is 0 Å². The van der Waals surface area contributed by atoms with Crippen molar-refractivity contribution in [3.8, 4) is 39.6 Å². The maximum Gasteiger partial charge on any atom is 0.138 e. The molecule has 0 atom stereocenters. The average molecular weight is 977 g/mol. The van der Waals surface area contributed by atoms with E-state index in [0.29, 0.717) is 24.4 Å². The summed E-state index contributed by atoms with van der Waals surface area (Å²) in [5.74, 6) is 3.62. The second-order valence-electron chi connectivity index (χ2n) is 24.9. The molecule has 0 saturated heterocycles. The fourth-order valence-corrected chi connectivity index (χ4v) is 10.8. The maximum absolute atomic E-state index is 7.14. The standard InChI is InChI=1S/C69H76N4O/c1-43(2)48-33-58(44(3)4)66(59(34-48)45(5)6)47-29-30-70-65(35-47)73-61-28-25-50(67(7,8)9)39-60(61)57-27-26-55(41-64(57)73)74-56-38-52(69(13,14)15)37-54(40-56)72-42-71(62-23-19-20-24-63(62)72)53-32-49(46-21-17-16-18-22-46)31-51(36-53)68(10,11)12/h16-41,43-45H,42H2,1-15H3. The van der Waals surface area contributed by atoms with E-state index in [1.54, 1.807) is 0 Å². The summed E-state index contributed by atoms with van der Waals surface area (Å²) < 4.78 is 9.49. The number of benzene rings is 7. The van der Waals surface area contributed by atoms with Gasteiger partial charge >= 0.3 is 0 Å². The molecule has 0 saturated carbocycles. The first-order chi connectivity index (χ1) is 35.0. The molecule has 1 aliphatic rings. The molecule has 0 radical (unpaired) electrons. The van der Waals surface area contributed by atoms with Gasteiger partial charge in [0.2, 0.25) is 0 Å². The monoisotopic (exact) mass is 977 g/mol. The largest absolute Gasteiger partial charge is 0.457 e. The number of ether oxygens (including phenoxy) is 1. The molecule has 0 amide bonds. The quantitative estimate of drug-likeness (QED) is 0.137. The Morgan fingerprint density at radius 2 is 1.04 bits per heavy atom. The minimum absolute atomic E-state index is 0.0172. The van der Waals surface area contributed by atoms with E-state index in [-0.39, 0.29) is 16.2 Å².